The van der Waals surface area contributed by atoms with Crippen LogP contribution in [0.1, 0.15) is 29.3 Å². The lowest BCUT2D eigenvalue weighted by atomic mass is 10.0. The van der Waals surface area contributed by atoms with Crippen LogP contribution >= 0.6 is 0 Å². The number of likely N-dealkylation sites (N-methyl/N-ethyl adjacent to an activating group) is 1. The molecule has 0 bridgehead atoms. The molecule has 1 rings (SSSR count). The van der Waals surface area contributed by atoms with Crippen molar-refractivity contribution >= 4 is 5.78 Å². The molecule has 0 radical (unpaired) electrons. The van der Waals surface area contributed by atoms with E-state index in [-0.39, 0.29) is 29.4 Å². The number of aromatic hydroxyl groups is 2. The highest BCUT2D eigenvalue weighted by Crippen LogP contribution is 2.31. The third kappa shape index (κ3) is 3.20. The molecule has 17 heavy (non-hydrogen) atoms. The van der Waals surface area contributed by atoms with Gasteiger partial charge in [-0.05, 0) is 32.6 Å². The molecular formula is C13H19NO3. The summed E-state index contributed by atoms with van der Waals surface area (Å²) in [5.74, 6) is -0.186. The second-order valence-electron chi connectivity index (χ2n) is 4.37. The quantitative estimate of drug-likeness (QED) is 0.766. The largest absolute Gasteiger partial charge is 0.508 e. The summed E-state index contributed by atoms with van der Waals surface area (Å²) in [6.45, 7) is 2.19. The third-order valence-corrected chi connectivity index (χ3v) is 2.52. The number of benzene rings is 1. The Morgan fingerprint density at radius 1 is 1.29 bits per heavy atom. The third-order valence-electron chi connectivity index (χ3n) is 2.52. The predicted molar refractivity (Wildman–Crippen MR) is 66.7 cm³/mol. The van der Waals surface area contributed by atoms with Crippen molar-refractivity contribution in [2.24, 2.45) is 0 Å². The van der Waals surface area contributed by atoms with Gasteiger partial charge in [-0.3, -0.25) is 4.79 Å². The van der Waals surface area contributed by atoms with Crippen molar-refractivity contribution in [3.8, 4) is 11.5 Å². The molecule has 0 amide bonds. The number of phenols is 2. The fourth-order valence-electron chi connectivity index (χ4n) is 1.72. The molecular weight excluding hydrogens is 218 g/mol. The number of ketones is 1. The van der Waals surface area contributed by atoms with Gasteiger partial charge in [-0.1, -0.05) is 13.3 Å². The van der Waals surface area contributed by atoms with Gasteiger partial charge in [0.15, 0.2) is 5.78 Å². The van der Waals surface area contributed by atoms with E-state index in [1.54, 1.807) is 19.0 Å². The number of hydrogen-bond acceptors (Lipinski definition) is 4. The number of phenolic OH excluding ortho intramolecular Hbond substituents is 2. The summed E-state index contributed by atoms with van der Waals surface area (Å²) >= 11 is 0. The average Bonchev–Trinajstić information content (AvgIpc) is 2.23. The maximum absolute atomic E-state index is 11.9. The first kappa shape index (κ1) is 13.5. The fraction of sp³-hybridized carbons (Fsp3) is 0.462. The summed E-state index contributed by atoms with van der Waals surface area (Å²) in [6.07, 6.45) is 1.35. The predicted octanol–water partition coefficient (Wildman–Crippen LogP) is 1.79. The second-order valence-corrected chi connectivity index (χ2v) is 4.37. The topological polar surface area (TPSA) is 60.8 Å². The van der Waals surface area contributed by atoms with Gasteiger partial charge >= 0.3 is 0 Å². The Kier molecular flexibility index (Phi) is 4.52. The molecule has 0 aromatic heterocycles. The Hall–Kier alpha value is -1.55. The van der Waals surface area contributed by atoms with Crippen molar-refractivity contribution in [2.75, 3.05) is 20.6 Å². The molecule has 1 aromatic rings. The average molecular weight is 237 g/mol. The van der Waals surface area contributed by atoms with Crippen molar-refractivity contribution in [2.45, 2.75) is 19.8 Å². The van der Waals surface area contributed by atoms with E-state index in [4.69, 9.17) is 0 Å². The van der Waals surface area contributed by atoms with Crippen molar-refractivity contribution in [1.29, 1.82) is 0 Å². The highest BCUT2D eigenvalue weighted by atomic mass is 16.3. The van der Waals surface area contributed by atoms with Crippen LogP contribution in [-0.2, 0) is 6.42 Å². The van der Waals surface area contributed by atoms with Gasteiger partial charge in [0, 0.05) is 5.56 Å². The molecule has 4 heteroatoms. The van der Waals surface area contributed by atoms with Gasteiger partial charge in [0.2, 0.25) is 0 Å². The summed E-state index contributed by atoms with van der Waals surface area (Å²) in [5.41, 5.74) is 0.733. The molecule has 4 nitrogen and oxygen atoms in total. The van der Waals surface area contributed by atoms with Gasteiger partial charge < -0.3 is 15.1 Å². The molecule has 0 aliphatic heterocycles. The van der Waals surface area contributed by atoms with Gasteiger partial charge in [0.05, 0.1) is 12.1 Å². The lowest BCUT2D eigenvalue weighted by molar-refractivity contribution is 0.0955. The molecule has 0 atom stereocenters. The second kappa shape index (κ2) is 5.68. The Labute approximate surface area is 101 Å². The highest BCUT2D eigenvalue weighted by molar-refractivity contribution is 6.00. The number of nitrogens with zero attached hydrogens (tertiary/aromatic N) is 1. The van der Waals surface area contributed by atoms with Crippen LogP contribution in [0.3, 0.4) is 0 Å². The van der Waals surface area contributed by atoms with Gasteiger partial charge in [0.1, 0.15) is 11.5 Å². The zero-order valence-electron chi connectivity index (χ0n) is 10.5. The number of Topliss-reactive ketones (excluding diaryl/α,β-unsaturated/α-hetero) is 1. The van der Waals surface area contributed by atoms with Gasteiger partial charge in [-0.15, -0.1) is 0 Å². The van der Waals surface area contributed by atoms with Crippen LogP contribution in [-0.4, -0.2) is 41.5 Å². The smallest absolute Gasteiger partial charge is 0.180 e. The Morgan fingerprint density at radius 2 is 1.94 bits per heavy atom. The van der Waals surface area contributed by atoms with E-state index in [2.05, 4.69) is 0 Å². The van der Waals surface area contributed by atoms with Crippen LogP contribution in [0.4, 0.5) is 0 Å². The molecule has 1 aromatic carbocycles. The number of hydrogen-bond donors (Lipinski definition) is 2. The van der Waals surface area contributed by atoms with Crippen molar-refractivity contribution in [3.63, 3.8) is 0 Å². The lowest BCUT2D eigenvalue weighted by Crippen LogP contribution is -2.21. The maximum atomic E-state index is 11.9. The van der Waals surface area contributed by atoms with E-state index >= 15 is 0 Å². The first-order valence-electron chi connectivity index (χ1n) is 5.69. The van der Waals surface area contributed by atoms with Crippen LogP contribution in [0.15, 0.2) is 12.1 Å². The molecule has 0 saturated carbocycles. The van der Waals surface area contributed by atoms with Gasteiger partial charge in [-0.2, -0.15) is 0 Å². The molecule has 0 unspecified atom stereocenters. The van der Waals surface area contributed by atoms with Crippen molar-refractivity contribution in [1.82, 2.24) is 4.90 Å². The van der Waals surface area contributed by atoms with Crippen LogP contribution in [0, 0.1) is 0 Å². The van der Waals surface area contributed by atoms with E-state index in [0.717, 1.165) is 6.42 Å². The summed E-state index contributed by atoms with van der Waals surface area (Å²) < 4.78 is 0. The van der Waals surface area contributed by atoms with E-state index < -0.39 is 0 Å². The Morgan fingerprint density at radius 3 is 2.47 bits per heavy atom. The molecule has 0 aliphatic carbocycles. The first-order valence-corrected chi connectivity index (χ1v) is 5.69. The van der Waals surface area contributed by atoms with Gasteiger partial charge in [-0.25, -0.2) is 0 Å². The summed E-state index contributed by atoms with van der Waals surface area (Å²) in [5, 5.41) is 19.6. The fourth-order valence-corrected chi connectivity index (χ4v) is 1.72. The van der Waals surface area contributed by atoms with E-state index in [1.165, 1.54) is 12.1 Å². The van der Waals surface area contributed by atoms with E-state index in [0.29, 0.717) is 12.0 Å². The van der Waals surface area contributed by atoms with Crippen LogP contribution in [0.5, 0.6) is 11.5 Å². The number of carbonyl (C=O) groups excluding carboxylic acids is 1. The Bertz CT molecular complexity index is 413. The summed E-state index contributed by atoms with van der Waals surface area (Å²) in [4.78, 5) is 13.6. The van der Waals surface area contributed by atoms with E-state index in [1.807, 2.05) is 6.92 Å². The van der Waals surface area contributed by atoms with Gasteiger partial charge in [0.25, 0.3) is 0 Å². The molecule has 0 saturated heterocycles. The standard InChI is InChI=1S/C13H19NO3/c1-4-5-9-11(15)7-6-10(13(9)17)12(16)8-14(2)3/h6-7,15,17H,4-5,8H2,1-3H3. The minimum atomic E-state index is -0.148. The summed E-state index contributed by atoms with van der Waals surface area (Å²) in [7, 11) is 3.59. The number of rotatable bonds is 5. The molecule has 0 fully saturated rings. The number of carbonyl (C=O) groups is 1. The SMILES string of the molecule is CCCc1c(O)ccc(C(=O)CN(C)C)c1O. The van der Waals surface area contributed by atoms with Crippen molar-refractivity contribution < 1.29 is 15.0 Å². The molecule has 2 N–H and O–H groups in total. The molecule has 0 spiro atoms. The lowest BCUT2D eigenvalue weighted by Gasteiger charge is -2.12. The molecule has 0 aliphatic rings. The van der Waals surface area contributed by atoms with Crippen LogP contribution in [0.2, 0.25) is 0 Å². The minimum Gasteiger partial charge on any atom is -0.508 e. The highest BCUT2D eigenvalue weighted by Gasteiger charge is 2.17. The first-order chi connectivity index (χ1) is 7.97. The summed E-state index contributed by atoms with van der Waals surface area (Å²) in [6, 6.07) is 2.93. The van der Waals surface area contributed by atoms with E-state index in [9.17, 15) is 15.0 Å². The minimum absolute atomic E-state index is 0.0470. The zero-order valence-corrected chi connectivity index (χ0v) is 10.5. The molecule has 94 valence electrons. The maximum Gasteiger partial charge on any atom is 0.180 e. The molecule has 0 heterocycles. The van der Waals surface area contributed by atoms with Crippen LogP contribution < -0.4 is 0 Å². The zero-order chi connectivity index (χ0) is 13.0. The monoisotopic (exact) mass is 237 g/mol. The van der Waals surface area contributed by atoms with Crippen molar-refractivity contribution in [3.05, 3.63) is 23.3 Å². The normalized spacial score (nSPS) is 10.8. The Balaban J connectivity index is 3.09. The van der Waals surface area contributed by atoms with Crippen LogP contribution in [0.25, 0.3) is 0 Å².